The van der Waals surface area contributed by atoms with Crippen molar-refractivity contribution in [3.8, 4) is 5.75 Å². The largest absolute Gasteiger partial charge is 0.497 e. The molecule has 0 saturated heterocycles. The van der Waals surface area contributed by atoms with Gasteiger partial charge < -0.3 is 20.5 Å². The molecule has 0 radical (unpaired) electrons. The zero-order valence-corrected chi connectivity index (χ0v) is 17.5. The van der Waals surface area contributed by atoms with E-state index in [1.807, 2.05) is 60.7 Å². The van der Waals surface area contributed by atoms with Gasteiger partial charge in [-0.1, -0.05) is 49.5 Å². The molecule has 0 fully saturated rings. The lowest BCUT2D eigenvalue weighted by Gasteiger charge is -2.29. The van der Waals surface area contributed by atoms with Crippen LogP contribution in [-0.2, 0) is 11.3 Å². The average molecular weight is 411 g/mol. The monoisotopic (exact) mass is 410 g/mol. The van der Waals surface area contributed by atoms with Crippen LogP contribution >= 0.6 is 12.2 Å². The molecule has 0 bridgehead atoms. The molecule has 3 N–H and O–H groups in total. The van der Waals surface area contributed by atoms with E-state index in [2.05, 4.69) is 17.3 Å². The first-order valence-electron chi connectivity index (χ1n) is 9.56. The first kappa shape index (κ1) is 20.7. The van der Waals surface area contributed by atoms with E-state index in [1.54, 1.807) is 12.1 Å². The number of nitrogens with two attached hydrogens (primary N) is 1. The second-order valence-electron chi connectivity index (χ2n) is 6.57. The van der Waals surface area contributed by atoms with E-state index >= 15 is 0 Å². The number of rotatable bonds is 8. The molecule has 0 aliphatic carbocycles. The number of anilines is 1. The Balaban J connectivity index is 1.75. The fraction of sp³-hybridized carbons (Fsp3) is 0.273. The summed E-state index contributed by atoms with van der Waals surface area (Å²) in [5.41, 5.74) is 8.22. The minimum Gasteiger partial charge on any atom is -0.497 e. The van der Waals surface area contributed by atoms with Gasteiger partial charge in [-0.05, 0) is 42.3 Å². The summed E-state index contributed by atoms with van der Waals surface area (Å²) in [6, 6.07) is 17.6. The van der Waals surface area contributed by atoms with E-state index in [0.717, 1.165) is 23.4 Å². The Morgan fingerprint density at radius 3 is 2.72 bits per heavy atom. The summed E-state index contributed by atoms with van der Waals surface area (Å²) in [5, 5.41) is 9.55. The van der Waals surface area contributed by atoms with Crippen molar-refractivity contribution >= 4 is 28.7 Å². The molecule has 7 heteroatoms. The second kappa shape index (κ2) is 9.93. The van der Waals surface area contributed by atoms with E-state index in [9.17, 15) is 0 Å². The maximum absolute atomic E-state index is 6.27. The fourth-order valence-corrected chi connectivity index (χ4v) is 3.15. The molecule has 1 heterocycles. The van der Waals surface area contributed by atoms with E-state index in [1.165, 1.54) is 0 Å². The van der Waals surface area contributed by atoms with Crippen LogP contribution in [0.5, 0.6) is 5.75 Å². The highest BCUT2D eigenvalue weighted by atomic mass is 32.1. The second-order valence-corrected chi connectivity index (χ2v) is 7.01. The van der Waals surface area contributed by atoms with Crippen LogP contribution in [0.2, 0.25) is 0 Å². The molecule has 2 aromatic rings. The van der Waals surface area contributed by atoms with E-state index in [4.69, 9.17) is 27.4 Å². The summed E-state index contributed by atoms with van der Waals surface area (Å²) < 4.78 is 11.2. The molecule has 1 unspecified atom stereocenters. The number of thiocarbonyl (C=S) groups is 1. The Bertz CT molecular complexity index is 899. The third-order valence-electron chi connectivity index (χ3n) is 4.39. The Labute approximate surface area is 177 Å². The molecule has 3 rings (SSSR count). The number of ether oxygens (including phenoxy) is 2. The summed E-state index contributed by atoms with van der Waals surface area (Å²) in [6.07, 6.45) is 2.81. The van der Waals surface area contributed by atoms with Crippen molar-refractivity contribution in [1.82, 2.24) is 5.32 Å². The molecule has 0 spiro atoms. The number of hydrogen-bond donors (Lipinski definition) is 2. The van der Waals surface area contributed by atoms with Crippen molar-refractivity contribution in [3.63, 3.8) is 0 Å². The van der Waals surface area contributed by atoms with Gasteiger partial charge in [0.1, 0.15) is 11.6 Å². The van der Waals surface area contributed by atoms with Crippen molar-refractivity contribution in [2.75, 3.05) is 18.7 Å². The van der Waals surface area contributed by atoms with Crippen LogP contribution in [0, 0.1) is 5.92 Å². The van der Waals surface area contributed by atoms with Crippen molar-refractivity contribution in [2.24, 2.45) is 16.8 Å². The van der Waals surface area contributed by atoms with Crippen LogP contribution in [0.25, 0.3) is 0 Å². The summed E-state index contributed by atoms with van der Waals surface area (Å²) >= 11 is 5.61. The Kier molecular flexibility index (Phi) is 7.08. The molecular weight excluding hydrogens is 384 g/mol. The number of hydrogen-bond acceptors (Lipinski definition) is 6. The highest BCUT2D eigenvalue weighted by Gasteiger charge is 2.27. The van der Waals surface area contributed by atoms with Crippen LogP contribution in [0.3, 0.4) is 0 Å². The van der Waals surface area contributed by atoms with Crippen LogP contribution < -0.4 is 20.8 Å². The maximum atomic E-state index is 6.27. The molecule has 2 aromatic carbocycles. The lowest BCUT2D eigenvalue weighted by molar-refractivity contribution is 0.202. The minimum atomic E-state index is -0.331. The van der Waals surface area contributed by atoms with Crippen molar-refractivity contribution < 1.29 is 9.47 Å². The average Bonchev–Trinajstić information content (AvgIpc) is 2.77. The smallest absolute Gasteiger partial charge is 0.212 e. The summed E-state index contributed by atoms with van der Waals surface area (Å²) in [6.45, 7) is 3.22. The predicted molar refractivity (Wildman–Crippen MR) is 121 cm³/mol. The first-order chi connectivity index (χ1) is 14.1. The highest BCUT2D eigenvalue weighted by molar-refractivity contribution is 7.80. The number of benzene rings is 2. The van der Waals surface area contributed by atoms with Gasteiger partial charge in [0, 0.05) is 6.54 Å². The highest BCUT2D eigenvalue weighted by Crippen LogP contribution is 2.26. The third kappa shape index (κ3) is 5.26. The van der Waals surface area contributed by atoms with Gasteiger partial charge in [0.2, 0.25) is 5.88 Å². The van der Waals surface area contributed by atoms with Crippen LogP contribution in [0.1, 0.15) is 18.9 Å². The minimum absolute atomic E-state index is 0.331. The van der Waals surface area contributed by atoms with E-state index < -0.39 is 0 Å². The zero-order chi connectivity index (χ0) is 20.6. The van der Waals surface area contributed by atoms with Gasteiger partial charge in [0.05, 0.1) is 30.3 Å². The number of nitrogens with one attached hydrogen (secondary N) is 1. The number of methoxy groups -OCH3 is 1. The van der Waals surface area contributed by atoms with Crippen LogP contribution in [0.4, 0.5) is 5.69 Å². The number of para-hydroxylation sites is 1. The van der Waals surface area contributed by atoms with Crippen molar-refractivity contribution in [2.45, 2.75) is 19.9 Å². The Hall–Kier alpha value is -3.06. The SMILES string of the molecule is CCCOC1=CC(C(=S)NCc2cccc(OC)c2)C(N)=NN1c1ccccc1. The molecule has 1 aliphatic heterocycles. The molecule has 0 saturated carbocycles. The summed E-state index contributed by atoms with van der Waals surface area (Å²) in [4.78, 5) is 0.597. The molecule has 0 aromatic heterocycles. The molecule has 1 aliphatic rings. The molecule has 152 valence electrons. The summed E-state index contributed by atoms with van der Waals surface area (Å²) in [7, 11) is 1.65. The van der Waals surface area contributed by atoms with E-state index in [-0.39, 0.29) is 5.92 Å². The van der Waals surface area contributed by atoms with Crippen LogP contribution in [0.15, 0.2) is 71.7 Å². The van der Waals surface area contributed by atoms with E-state index in [0.29, 0.717) is 29.9 Å². The lowest BCUT2D eigenvalue weighted by atomic mass is 10.1. The number of hydrazone groups is 1. The van der Waals surface area contributed by atoms with Gasteiger partial charge in [-0.3, -0.25) is 0 Å². The predicted octanol–water partition coefficient (Wildman–Crippen LogP) is 3.79. The standard InChI is InChI=1S/C22H26N4O2S/c1-3-12-28-20-14-19(21(23)25-26(20)17-9-5-4-6-10-17)22(29)24-15-16-8-7-11-18(13-16)27-2/h4-11,13-14,19H,3,12,15H2,1-2H3,(H2,23,25)(H,24,29). The van der Waals surface area contributed by atoms with Gasteiger partial charge in [0.15, 0.2) is 0 Å². The van der Waals surface area contributed by atoms with Crippen LogP contribution in [-0.4, -0.2) is 24.5 Å². The van der Waals surface area contributed by atoms with Gasteiger partial charge in [-0.15, -0.1) is 0 Å². The molecule has 29 heavy (non-hydrogen) atoms. The van der Waals surface area contributed by atoms with Crippen molar-refractivity contribution in [1.29, 1.82) is 0 Å². The first-order valence-corrected chi connectivity index (χ1v) is 9.97. The topological polar surface area (TPSA) is 72.1 Å². The fourth-order valence-electron chi connectivity index (χ4n) is 2.89. The lowest BCUT2D eigenvalue weighted by Crippen LogP contribution is -2.41. The molecule has 0 amide bonds. The van der Waals surface area contributed by atoms with Gasteiger partial charge in [-0.2, -0.15) is 10.1 Å². The molecule has 1 atom stereocenters. The normalized spacial score (nSPS) is 15.9. The van der Waals surface area contributed by atoms with Gasteiger partial charge in [-0.25, -0.2) is 0 Å². The maximum Gasteiger partial charge on any atom is 0.212 e. The Morgan fingerprint density at radius 2 is 2.00 bits per heavy atom. The molecular formula is C22H26N4O2S. The summed E-state index contributed by atoms with van der Waals surface area (Å²) in [5.74, 6) is 1.52. The molecule has 6 nitrogen and oxygen atoms in total. The Morgan fingerprint density at radius 1 is 1.21 bits per heavy atom. The van der Waals surface area contributed by atoms with Crippen molar-refractivity contribution in [3.05, 3.63) is 72.1 Å². The zero-order valence-electron chi connectivity index (χ0n) is 16.7. The van der Waals surface area contributed by atoms with Gasteiger partial charge >= 0.3 is 0 Å². The number of amidine groups is 1. The third-order valence-corrected chi connectivity index (χ3v) is 4.79. The van der Waals surface area contributed by atoms with Gasteiger partial charge in [0.25, 0.3) is 0 Å². The number of nitrogens with zero attached hydrogens (tertiary/aromatic N) is 2. The quantitative estimate of drug-likeness (QED) is 0.645.